The number of ether oxygens (including phenoxy) is 1. The first-order valence-corrected chi connectivity index (χ1v) is 4.76. The first kappa shape index (κ1) is 10.1. The highest BCUT2D eigenvalue weighted by molar-refractivity contribution is 5.23. The van der Waals surface area contributed by atoms with Crippen LogP contribution in [0.1, 0.15) is 19.6 Å². The van der Waals surface area contributed by atoms with Gasteiger partial charge in [-0.3, -0.25) is 4.57 Å². The molecule has 6 heteroatoms. The van der Waals surface area contributed by atoms with Crippen molar-refractivity contribution >= 4 is 5.82 Å². The summed E-state index contributed by atoms with van der Waals surface area (Å²) >= 11 is 0. The monoisotopic (exact) mass is 211 g/mol. The highest BCUT2D eigenvalue weighted by Gasteiger charge is 2.33. The van der Waals surface area contributed by atoms with Gasteiger partial charge in [0.15, 0.2) is 6.23 Å². The summed E-state index contributed by atoms with van der Waals surface area (Å²) in [6.45, 7) is 1.85. The first-order chi connectivity index (χ1) is 7.08. The summed E-state index contributed by atoms with van der Waals surface area (Å²) in [6.07, 6.45) is 0.608. The van der Waals surface area contributed by atoms with E-state index in [4.69, 9.17) is 10.5 Å². The van der Waals surface area contributed by atoms with E-state index < -0.39 is 18.0 Å². The van der Waals surface area contributed by atoms with Crippen LogP contribution in [0.3, 0.4) is 0 Å². The zero-order valence-electron chi connectivity index (χ0n) is 8.33. The second kappa shape index (κ2) is 3.63. The third-order valence-electron chi connectivity index (χ3n) is 2.40. The summed E-state index contributed by atoms with van der Waals surface area (Å²) in [7, 11) is 0. The van der Waals surface area contributed by atoms with Gasteiger partial charge in [-0.25, -0.2) is 4.79 Å². The van der Waals surface area contributed by atoms with Gasteiger partial charge in [0, 0.05) is 12.6 Å². The van der Waals surface area contributed by atoms with E-state index in [-0.39, 0.29) is 11.9 Å². The number of aliphatic hydroxyl groups is 1. The molecule has 1 aliphatic rings. The van der Waals surface area contributed by atoms with E-state index in [0.717, 1.165) is 0 Å². The fourth-order valence-corrected chi connectivity index (χ4v) is 1.71. The molecule has 3 N–H and O–H groups in total. The van der Waals surface area contributed by atoms with Crippen molar-refractivity contribution in [3.63, 3.8) is 0 Å². The molecule has 1 aromatic rings. The molecule has 0 amide bonds. The van der Waals surface area contributed by atoms with E-state index >= 15 is 0 Å². The Hall–Kier alpha value is -1.40. The molecule has 0 radical (unpaired) electrons. The average Bonchev–Trinajstić information content (AvgIpc) is 2.45. The smallest absolute Gasteiger partial charge is 0.351 e. The van der Waals surface area contributed by atoms with Crippen LogP contribution in [0.2, 0.25) is 0 Å². The van der Waals surface area contributed by atoms with Crippen molar-refractivity contribution in [1.82, 2.24) is 9.55 Å². The largest absolute Gasteiger partial charge is 0.388 e. The lowest BCUT2D eigenvalue weighted by Crippen LogP contribution is -2.31. The summed E-state index contributed by atoms with van der Waals surface area (Å²) in [6, 6.07) is 1.50. The quantitative estimate of drug-likeness (QED) is 0.653. The molecule has 0 bridgehead atoms. The van der Waals surface area contributed by atoms with Gasteiger partial charge >= 0.3 is 5.69 Å². The van der Waals surface area contributed by atoms with E-state index in [1.165, 1.54) is 16.8 Å². The van der Waals surface area contributed by atoms with Crippen LogP contribution >= 0.6 is 0 Å². The van der Waals surface area contributed by atoms with Crippen LogP contribution < -0.4 is 11.4 Å². The Balaban J connectivity index is 2.34. The highest BCUT2D eigenvalue weighted by atomic mass is 16.5. The van der Waals surface area contributed by atoms with Crippen molar-refractivity contribution in [2.75, 3.05) is 5.73 Å². The number of nitrogens with two attached hydrogens (primary N) is 1. The molecule has 0 spiro atoms. The van der Waals surface area contributed by atoms with Crippen LogP contribution in [-0.2, 0) is 4.74 Å². The van der Waals surface area contributed by atoms with Gasteiger partial charge in [-0.05, 0) is 13.0 Å². The van der Waals surface area contributed by atoms with Crippen LogP contribution in [0.4, 0.5) is 5.82 Å². The standard InChI is InChI=1S/C9H13N3O3/c1-5-4-6(13)8(15-5)12-3-2-7(10)11-9(12)14/h2-3,5-6,8,13H,4H2,1H3,(H2,10,11,14)/t5-,6+,8?/m1/s1. The molecule has 1 aromatic heterocycles. The lowest BCUT2D eigenvalue weighted by molar-refractivity contribution is -0.0347. The molecule has 1 unspecified atom stereocenters. The van der Waals surface area contributed by atoms with E-state index in [9.17, 15) is 9.90 Å². The number of nitrogen functional groups attached to an aromatic ring is 1. The Bertz CT molecular complexity index is 417. The third kappa shape index (κ3) is 1.86. The van der Waals surface area contributed by atoms with Crippen LogP contribution in [0.25, 0.3) is 0 Å². The maximum absolute atomic E-state index is 11.5. The van der Waals surface area contributed by atoms with Crippen molar-refractivity contribution in [1.29, 1.82) is 0 Å². The van der Waals surface area contributed by atoms with E-state index in [1.807, 2.05) is 6.92 Å². The van der Waals surface area contributed by atoms with Crippen molar-refractivity contribution in [3.8, 4) is 0 Å². The van der Waals surface area contributed by atoms with Gasteiger partial charge in [0.25, 0.3) is 0 Å². The molecule has 0 aromatic carbocycles. The first-order valence-electron chi connectivity index (χ1n) is 4.76. The normalized spacial score (nSPS) is 30.7. The molecule has 2 heterocycles. The van der Waals surface area contributed by atoms with Gasteiger partial charge in [0.05, 0.1) is 6.10 Å². The van der Waals surface area contributed by atoms with E-state index in [1.54, 1.807) is 0 Å². The molecule has 1 aliphatic heterocycles. The lowest BCUT2D eigenvalue weighted by atomic mass is 10.2. The summed E-state index contributed by atoms with van der Waals surface area (Å²) < 4.78 is 6.67. The molecule has 0 saturated carbocycles. The van der Waals surface area contributed by atoms with Crippen LogP contribution in [-0.4, -0.2) is 26.9 Å². The minimum Gasteiger partial charge on any atom is -0.388 e. The molecule has 0 aliphatic carbocycles. The number of aliphatic hydroxyl groups excluding tert-OH is 1. The number of hydrogen-bond donors (Lipinski definition) is 2. The van der Waals surface area contributed by atoms with E-state index in [2.05, 4.69) is 4.98 Å². The second-order valence-corrected chi connectivity index (χ2v) is 3.68. The predicted octanol–water partition coefficient (Wildman–Crippen LogP) is -0.506. The molecule has 3 atom stereocenters. The number of nitrogens with zero attached hydrogens (tertiary/aromatic N) is 2. The van der Waals surface area contributed by atoms with Gasteiger partial charge < -0.3 is 15.6 Å². The third-order valence-corrected chi connectivity index (χ3v) is 2.40. The van der Waals surface area contributed by atoms with Gasteiger partial charge in [-0.15, -0.1) is 0 Å². The van der Waals surface area contributed by atoms with Crippen LogP contribution in [0.15, 0.2) is 17.1 Å². The zero-order valence-corrected chi connectivity index (χ0v) is 8.33. The van der Waals surface area contributed by atoms with Crippen molar-refractivity contribution in [3.05, 3.63) is 22.7 Å². The maximum Gasteiger partial charge on any atom is 0.351 e. The molecule has 6 nitrogen and oxygen atoms in total. The molecule has 2 rings (SSSR count). The van der Waals surface area contributed by atoms with Gasteiger partial charge in [0.1, 0.15) is 11.9 Å². The highest BCUT2D eigenvalue weighted by Crippen LogP contribution is 2.27. The summed E-state index contributed by atoms with van der Waals surface area (Å²) in [5, 5.41) is 9.66. The predicted molar refractivity (Wildman–Crippen MR) is 53.1 cm³/mol. The molecule has 15 heavy (non-hydrogen) atoms. The second-order valence-electron chi connectivity index (χ2n) is 3.68. The van der Waals surface area contributed by atoms with Crippen molar-refractivity contribution in [2.24, 2.45) is 0 Å². The van der Waals surface area contributed by atoms with Crippen molar-refractivity contribution in [2.45, 2.75) is 31.8 Å². The zero-order chi connectivity index (χ0) is 11.0. The molecule has 82 valence electrons. The number of hydrogen-bond acceptors (Lipinski definition) is 5. The fourth-order valence-electron chi connectivity index (χ4n) is 1.71. The van der Waals surface area contributed by atoms with Gasteiger partial charge in [0.2, 0.25) is 0 Å². The van der Waals surface area contributed by atoms with E-state index in [0.29, 0.717) is 6.42 Å². The Kier molecular flexibility index (Phi) is 2.45. The Morgan fingerprint density at radius 2 is 2.47 bits per heavy atom. The van der Waals surface area contributed by atoms with Crippen molar-refractivity contribution < 1.29 is 9.84 Å². The summed E-state index contributed by atoms with van der Waals surface area (Å²) in [5.41, 5.74) is 4.85. The SMILES string of the molecule is C[C@@H]1C[C@H](O)C(n2ccc(N)nc2=O)O1. The van der Waals surface area contributed by atoms with Gasteiger partial charge in [-0.1, -0.05) is 0 Å². The molecule has 1 saturated heterocycles. The molecule has 1 fully saturated rings. The Morgan fingerprint density at radius 3 is 3.00 bits per heavy atom. The minimum atomic E-state index is -0.678. The summed E-state index contributed by atoms with van der Waals surface area (Å²) in [5.74, 6) is 0.164. The Labute approximate surface area is 86.3 Å². The average molecular weight is 211 g/mol. The molecular weight excluding hydrogens is 198 g/mol. The van der Waals surface area contributed by atoms with Crippen LogP contribution in [0, 0.1) is 0 Å². The Morgan fingerprint density at radius 1 is 1.73 bits per heavy atom. The number of anilines is 1. The fraction of sp³-hybridized carbons (Fsp3) is 0.556. The maximum atomic E-state index is 11.5. The summed E-state index contributed by atoms with van der Waals surface area (Å²) in [4.78, 5) is 15.0. The van der Waals surface area contributed by atoms with Crippen LogP contribution in [0.5, 0.6) is 0 Å². The number of aromatic nitrogens is 2. The number of rotatable bonds is 1. The topological polar surface area (TPSA) is 90.4 Å². The molecular formula is C9H13N3O3. The lowest BCUT2D eigenvalue weighted by Gasteiger charge is -2.16. The minimum absolute atomic E-state index is 0.0607. The van der Waals surface area contributed by atoms with Gasteiger partial charge in [-0.2, -0.15) is 4.98 Å².